The van der Waals surface area contributed by atoms with E-state index >= 15 is 0 Å². The van der Waals surface area contributed by atoms with Gasteiger partial charge < -0.3 is 19.8 Å². The molecule has 3 aromatic carbocycles. The first-order valence-corrected chi connectivity index (χ1v) is 16.1. The first kappa shape index (κ1) is 28.6. The van der Waals surface area contributed by atoms with Gasteiger partial charge in [0.2, 0.25) is 17.7 Å². The average molecular weight is 606 g/mol. The minimum Gasteiger partial charge on any atom is -0.394 e. The highest BCUT2D eigenvalue weighted by atomic mass is 32.2. The van der Waals surface area contributed by atoms with Gasteiger partial charge in [0.15, 0.2) is 0 Å². The third-order valence-corrected chi connectivity index (χ3v) is 11.1. The summed E-state index contributed by atoms with van der Waals surface area (Å²) in [6, 6.07) is 27.5. The van der Waals surface area contributed by atoms with Crippen LogP contribution < -0.4 is 0 Å². The maximum Gasteiger partial charge on any atom is 0.247 e. The van der Waals surface area contributed by atoms with Crippen molar-refractivity contribution in [1.82, 2.24) is 14.7 Å². The lowest BCUT2D eigenvalue weighted by Crippen LogP contribution is -2.54. The summed E-state index contributed by atoms with van der Waals surface area (Å²) < 4.78 is -0.951. The number of likely N-dealkylation sites (tertiary alicyclic amines) is 1. The molecule has 4 aliphatic rings. The van der Waals surface area contributed by atoms with Crippen molar-refractivity contribution in [1.29, 1.82) is 0 Å². The first-order chi connectivity index (χ1) is 21.5. The second-order valence-corrected chi connectivity index (χ2v) is 13.4. The number of carbonyl (C=O) groups excluding carboxylic acids is 3. The Labute approximate surface area is 261 Å². The number of rotatable bonds is 7. The molecule has 0 bridgehead atoms. The molecule has 2 saturated heterocycles. The van der Waals surface area contributed by atoms with E-state index < -0.39 is 28.7 Å². The predicted octanol–water partition coefficient (Wildman–Crippen LogP) is 4.21. The smallest absolute Gasteiger partial charge is 0.247 e. The van der Waals surface area contributed by atoms with E-state index in [1.54, 1.807) is 21.6 Å². The molecule has 44 heavy (non-hydrogen) atoms. The van der Waals surface area contributed by atoms with Crippen molar-refractivity contribution in [3.05, 3.63) is 132 Å². The van der Waals surface area contributed by atoms with E-state index in [0.29, 0.717) is 26.2 Å². The number of benzene rings is 3. The van der Waals surface area contributed by atoms with Crippen LogP contribution in [0.2, 0.25) is 0 Å². The molecule has 0 aliphatic carbocycles. The van der Waals surface area contributed by atoms with Crippen molar-refractivity contribution in [3.8, 4) is 0 Å². The standard InChI is InChI=1S/C36H35N3O4S/c40-24-28(27-16-8-3-9-17-27)39-32-35(43)38(23-26-14-6-2-7-15-26)21-11-19-36(32)31(34(39)42)30-29(44-36)18-10-20-37(33(30)41)22-25-12-4-1-5-13-25/h1-19,28-32,40H,20-24H2/t28-,29+,30-,31+,32?,36+/m1/s1. The van der Waals surface area contributed by atoms with Crippen LogP contribution in [0.5, 0.6) is 0 Å². The van der Waals surface area contributed by atoms with Gasteiger partial charge in [0.1, 0.15) is 6.04 Å². The maximum atomic E-state index is 14.8. The van der Waals surface area contributed by atoms with Gasteiger partial charge in [-0.2, -0.15) is 0 Å². The SMILES string of the molecule is O=C1C2N([C@H](CO)c3ccccc3)C(=O)[C@@H]3[C@@H]4C(=O)N(Cc5ccccc5)CC=C[C@@H]4S[C@]23C=CCN1Cc1ccccc1. The van der Waals surface area contributed by atoms with E-state index in [-0.39, 0.29) is 29.6 Å². The zero-order chi connectivity index (χ0) is 30.3. The van der Waals surface area contributed by atoms with Gasteiger partial charge in [-0.05, 0) is 16.7 Å². The molecule has 8 heteroatoms. The van der Waals surface area contributed by atoms with Gasteiger partial charge in [-0.15, -0.1) is 11.8 Å². The molecule has 3 amide bonds. The third kappa shape index (κ3) is 4.77. The fourth-order valence-electron chi connectivity index (χ4n) is 7.43. The fraction of sp³-hybridized carbons (Fsp3) is 0.306. The molecule has 7 nitrogen and oxygen atoms in total. The molecule has 7 rings (SSSR count). The summed E-state index contributed by atoms with van der Waals surface area (Å²) in [6.07, 6.45) is 8.11. The Balaban J connectivity index is 1.31. The van der Waals surface area contributed by atoms with Gasteiger partial charge in [-0.3, -0.25) is 14.4 Å². The highest BCUT2D eigenvalue weighted by Gasteiger charge is 2.71. The molecule has 4 heterocycles. The number of aliphatic hydroxyl groups excluding tert-OH is 1. The van der Waals surface area contributed by atoms with Gasteiger partial charge >= 0.3 is 0 Å². The summed E-state index contributed by atoms with van der Waals surface area (Å²) >= 11 is 1.57. The predicted molar refractivity (Wildman–Crippen MR) is 170 cm³/mol. The van der Waals surface area contributed by atoms with Gasteiger partial charge in [-0.1, -0.05) is 115 Å². The molecule has 1 unspecified atom stereocenters. The van der Waals surface area contributed by atoms with Gasteiger partial charge in [0.05, 0.1) is 29.2 Å². The van der Waals surface area contributed by atoms with Crippen LogP contribution in [0.25, 0.3) is 0 Å². The first-order valence-electron chi connectivity index (χ1n) is 15.2. The number of nitrogens with zero attached hydrogens (tertiary/aromatic N) is 3. The summed E-state index contributed by atoms with van der Waals surface area (Å²) in [5.74, 6) is -1.86. The second-order valence-electron chi connectivity index (χ2n) is 11.9. The lowest BCUT2D eigenvalue weighted by molar-refractivity contribution is -0.147. The van der Waals surface area contributed by atoms with E-state index in [9.17, 15) is 19.5 Å². The number of carbonyl (C=O) groups is 3. The Morgan fingerprint density at radius 2 is 1.32 bits per heavy atom. The van der Waals surface area contributed by atoms with Crippen molar-refractivity contribution in [2.24, 2.45) is 11.8 Å². The highest BCUT2D eigenvalue weighted by molar-refractivity contribution is 8.02. The molecule has 0 saturated carbocycles. The minimum absolute atomic E-state index is 0.0707. The zero-order valence-electron chi connectivity index (χ0n) is 24.3. The number of amides is 3. The lowest BCUT2D eigenvalue weighted by atomic mass is 9.78. The van der Waals surface area contributed by atoms with Crippen molar-refractivity contribution >= 4 is 29.5 Å². The van der Waals surface area contributed by atoms with Crippen LogP contribution in [-0.2, 0) is 27.5 Å². The van der Waals surface area contributed by atoms with Crippen LogP contribution in [-0.4, -0.2) is 73.3 Å². The van der Waals surface area contributed by atoms with Crippen LogP contribution in [0.4, 0.5) is 0 Å². The Bertz CT molecular complexity index is 1600. The highest BCUT2D eigenvalue weighted by Crippen LogP contribution is 2.62. The molecule has 1 N–H and O–H groups in total. The van der Waals surface area contributed by atoms with Crippen LogP contribution in [0, 0.1) is 11.8 Å². The largest absolute Gasteiger partial charge is 0.394 e. The van der Waals surface area contributed by atoms with E-state index in [2.05, 4.69) is 6.08 Å². The van der Waals surface area contributed by atoms with Crippen LogP contribution in [0.3, 0.4) is 0 Å². The second kappa shape index (κ2) is 11.7. The number of hydrogen-bond donors (Lipinski definition) is 1. The molecular formula is C36H35N3O4S. The molecule has 6 atom stereocenters. The van der Waals surface area contributed by atoms with Crippen molar-refractivity contribution in [2.75, 3.05) is 19.7 Å². The van der Waals surface area contributed by atoms with E-state index in [1.165, 1.54) is 0 Å². The number of aliphatic hydroxyl groups is 1. The van der Waals surface area contributed by atoms with Crippen molar-refractivity contribution in [3.63, 3.8) is 0 Å². The summed E-state index contributed by atoms with van der Waals surface area (Å²) in [5.41, 5.74) is 2.78. The third-order valence-electron chi connectivity index (χ3n) is 9.39. The number of thioether (sulfide) groups is 1. The van der Waals surface area contributed by atoms with Gasteiger partial charge in [-0.25, -0.2) is 0 Å². The van der Waals surface area contributed by atoms with Crippen LogP contribution in [0.15, 0.2) is 115 Å². The Kier molecular flexibility index (Phi) is 7.64. The molecule has 1 spiro atoms. The Morgan fingerprint density at radius 3 is 1.93 bits per heavy atom. The Morgan fingerprint density at radius 1 is 0.750 bits per heavy atom. The van der Waals surface area contributed by atoms with E-state index in [0.717, 1.165) is 16.7 Å². The summed E-state index contributed by atoms with van der Waals surface area (Å²) in [4.78, 5) is 49.2. The summed E-state index contributed by atoms with van der Waals surface area (Å²) in [5, 5.41) is 10.5. The quantitative estimate of drug-likeness (QED) is 0.408. The van der Waals surface area contributed by atoms with Crippen molar-refractivity contribution in [2.45, 2.75) is 35.2 Å². The molecular weight excluding hydrogens is 570 g/mol. The minimum atomic E-state index is -0.951. The summed E-state index contributed by atoms with van der Waals surface area (Å²) in [6.45, 7) is 1.37. The lowest BCUT2D eigenvalue weighted by Gasteiger charge is -2.38. The molecule has 0 aromatic heterocycles. The average Bonchev–Trinajstić information content (AvgIpc) is 3.38. The van der Waals surface area contributed by atoms with E-state index in [1.807, 2.05) is 114 Å². The topological polar surface area (TPSA) is 81.2 Å². The van der Waals surface area contributed by atoms with Gasteiger partial charge in [0.25, 0.3) is 0 Å². The van der Waals surface area contributed by atoms with Crippen LogP contribution in [0.1, 0.15) is 22.7 Å². The fourth-order valence-corrected chi connectivity index (χ4v) is 9.43. The molecule has 4 aliphatic heterocycles. The normalized spacial score (nSPS) is 28.4. The van der Waals surface area contributed by atoms with Crippen molar-refractivity contribution < 1.29 is 19.5 Å². The number of hydrogen-bond acceptors (Lipinski definition) is 5. The Hall–Kier alpha value is -4.14. The summed E-state index contributed by atoms with van der Waals surface area (Å²) in [7, 11) is 0. The molecule has 3 aromatic rings. The van der Waals surface area contributed by atoms with Gasteiger partial charge in [0, 0.05) is 31.4 Å². The van der Waals surface area contributed by atoms with E-state index in [4.69, 9.17) is 0 Å². The molecule has 0 radical (unpaired) electrons. The van der Waals surface area contributed by atoms with Crippen LogP contribution >= 0.6 is 11.8 Å². The molecule has 224 valence electrons. The zero-order valence-corrected chi connectivity index (χ0v) is 25.1. The molecule has 2 fully saturated rings. The monoisotopic (exact) mass is 605 g/mol. The maximum absolute atomic E-state index is 14.8. The number of fused-ring (bicyclic) bond motifs is 2.